The molecule has 0 spiro atoms. The third-order valence-electron chi connectivity index (χ3n) is 2.47. The third-order valence-corrected chi connectivity index (χ3v) is 3.08. The summed E-state index contributed by atoms with van der Waals surface area (Å²) in [5, 5.41) is 3.43. The Morgan fingerprint density at radius 3 is 2.62 bits per heavy atom. The summed E-state index contributed by atoms with van der Waals surface area (Å²) >= 11 is 1.90. The second-order valence-corrected chi connectivity index (χ2v) is 4.47. The van der Waals surface area contributed by atoms with E-state index in [2.05, 4.69) is 37.4 Å². The minimum Gasteiger partial charge on any atom is -0.315 e. The van der Waals surface area contributed by atoms with E-state index in [1.54, 1.807) is 0 Å². The molecule has 0 fully saturated rings. The highest BCUT2D eigenvalue weighted by Crippen LogP contribution is 1.98. The molecule has 80 valence electrons. The molecule has 2 nitrogen and oxygen atoms in total. The Balaban J connectivity index is 3.21. The van der Waals surface area contributed by atoms with Crippen molar-refractivity contribution >= 4 is 11.8 Å². The highest BCUT2D eigenvalue weighted by Gasteiger charge is 2.04. The zero-order valence-corrected chi connectivity index (χ0v) is 10.3. The molecule has 0 rings (SSSR count). The molecule has 3 heteroatoms. The zero-order valence-electron chi connectivity index (χ0n) is 9.47. The van der Waals surface area contributed by atoms with Crippen molar-refractivity contribution in [1.29, 1.82) is 0 Å². The van der Waals surface area contributed by atoms with Crippen LogP contribution in [0, 0.1) is 0 Å². The summed E-state index contributed by atoms with van der Waals surface area (Å²) < 4.78 is 0. The average molecular weight is 204 g/mol. The lowest BCUT2D eigenvalue weighted by Gasteiger charge is -2.23. The van der Waals surface area contributed by atoms with Gasteiger partial charge in [-0.15, -0.1) is 0 Å². The number of hydrogen-bond acceptors (Lipinski definition) is 3. The molecular formula is C10H24N2S. The van der Waals surface area contributed by atoms with Crippen LogP contribution in [0.25, 0.3) is 0 Å². The van der Waals surface area contributed by atoms with E-state index >= 15 is 0 Å². The fourth-order valence-corrected chi connectivity index (χ4v) is 1.44. The van der Waals surface area contributed by atoms with Gasteiger partial charge >= 0.3 is 0 Å². The smallest absolute Gasteiger partial charge is 0.0107 e. The van der Waals surface area contributed by atoms with Crippen molar-refractivity contribution < 1.29 is 0 Å². The van der Waals surface area contributed by atoms with E-state index in [0.717, 1.165) is 19.6 Å². The summed E-state index contributed by atoms with van der Waals surface area (Å²) in [4.78, 5) is 2.41. The molecule has 1 N–H and O–H groups in total. The van der Waals surface area contributed by atoms with Crippen LogP contribution in [0.4, 0.5) is 0 Å². The SMILES string of the molecule is CCC(C)N(C)CCNCCSC. The summed E-state index contributed by atoms with van der Waals surface area (Å²) in [6.07, 6.45) is 3.38. The van der Waals surface area contributed by atoms with Gasteiger partial charge in [0.15, 0.2) is 0 Å². The fourth-order valence-electron chi connectivity index (χ4n) is 1.09. The van der Waals surface area contributed by atoms with Crippen molar-refractivity contribution in [2.45, 2.75) is 26.3 Å². The van der Waals surface area contributed by atoms with Gasteiger partial charge in [0.1, 0.15) is 0 Å². The van der Waals surface area contributed by atoms with Gasteiger partial charge in [0.2, 0.25) is 0 Å². The van der Waals surface area contributed by atoms with E-state index in [1.165, 1.54) is 12.2 Å². The van der Waals surface area contributed by atoms with Crippen LogP contribution >= 0.6 is 11.8 Å². The second kappa shape index (κ2) is 8.85. The number of hydrogen-bond donors (Lipinski definition) is 1. The topological polar surface area (TPSA) is 15.3 Å². The van der Waals surface area contributed by atoms with E-state index in [1.807, 2.05) is 11.8 Å². The molecule has 0 saturated heterocycles. The molecule has 1 unspecified atom stereocenters. The molecule has 0 aromatic carbocycles. The van der Waals surface area contributed by atoms with Crippen LogP contribution in [0.2, 0.25) is 0 Å². The molecule has 0 bridgehead atoms. The molecule has 0 aliphatic rings. The van der Waals surface area contributed by atoms with Gasteiger partial charge < -0.3 is 10.2 Å². The van der Waals surface area contributed by atoms with Crippen molar-refractivity contribution in [1.82, 2.24) is 10.2 Å². The lowest BCUT2D eigenvalue weighted by molar-refractivity contribution is 0.252. The van der Waals surface area contributed by atoms with E-state index in [9.17, 15) is 0 Å². The van der Waals surface area contributed by atoms with Gasteiger partial charge in [-0.3, -0.25) is 0 Å². The highest BCUT2D eigenvalue weighted by atomic mass is 32.2. The Kier molecular flexibility index (Phi) is 9.03. The van der Waals surface area contributed by atoms with Crippen molar-refractivity contribution in [2.24, 2.45) is 0 Å². The maximum Gasteiger partial charge on any atom is 0.0107 e. The molecule has 0 aliphatic heterocycles. The minimum absolute atomic E-state index is 0.711. The number of nitrogens with zero attached hydrogens (tertiary/aromatic N) is 1. The number of thioether (sulfide) groups is 1. The second-order valence-electron chi connectivity index (χ2n) is 3.48. The van der Waals surface area contributed by atoms with Gasteiger partial charge in [-0.2, -0.15) is 11.8 Å². The molecule has 0 aromatic heterocycles. The first-order valence-electron chi connectivity index (χ1n) is 5.12. The molecule has 0 aliphatic carbocycles. The monoisotopic (exact) mass is 204 g/mol. The van der Waals surface area contributed by atoms with E-state index in [4.69, 9.17) is 0 Å². The predicted octanol–water partition coefficient (Wildman–Crippen LogP) is 1.67. The fraction of sp³-hybridized carbons (Fsp3) is 1.00. The van der Waals surface area contributed by atoms with Gasteiger partial charge in [-0.1, -0.05) is 6.92 Å². The van der Waals surface area contributed by atoms with Crippen LogP contribution in [0.15, 0.2) is 0 Å². The number of likely N-dealkylation sites (N-methyl/N-ethyl adjacent to an activating group) is 1. The quantitative estimate of drug-likeness (QED) is 0.606. The average Bonchev–Trinajstić information content (AvgIpc) is 2.16. The van der Waals surface area contributed by atoms with Crippen molar-refractivity contribution in [2.75, 3.05) is 38.7 Å². The van der Waals surface area contributed by atoms with Crippen LogP contribution < -0.4 is 5.32 Å². The van der Waals surface area contributed by atoms with Crippen molar-refractivity contribution in [3.8, 4) is 0 Å². The Bertz CT molecular complexity index is 109. The summed E-state index contributed by atoms with van der Waals surface area (Å²) in [6.45, 7) is 7.92. The van der Waals surface area contributed by atoms with E-state index in [-0.39, 0.29) is 0 Å². The lowest BCUT2D eigenvalue weighted by Crippen LogP contribution is -2.35. The minimum atomic E-state index is 0.711. The zero-order chi connectivity index (χ0) is 10.1. The first-order chi connectivity index (χ1) is 6.22. The highest BCUT2D eigenvalue weighted by molar-refractivity contribution is 7.98. The molecule has 1 atom stereocenters. The third kappa shape index (κ3) is 7.35. The standard InChI is InChI=1S/C10H24N2S/c1-5-10(2)12(3)8-6-11-7-9-13-4/h10-11H,5-9H2,1-4H3. The predicted molar refractivity (Wildman–Crippen MR) is 63.6 cm³/mol. The first kappa shape index (κ1) is 13.3. The van der Waals surface area contributed by atoms with Gasteiger partial charge in [-0.05, 0) is 26.6 Å². The van der Waals surface area contributed by atoms with Crippen LogP contribution in [-0.2, 0) is 0 Å². The maximum atomic E-state index is 3.43. The Morgan fingerprint density at radius 2 is 2.08 bits per heavy atom. The number of nitrogens with one attached hydrogen (secondary N) is 1. The molecule has 0 radical (unpaired) electrons. The van der Waals surface area contributed by atoms with E-state index in [0.29, 0.717) is 6.04 Å². The van der Waals surface area contributed by atoms with E-state index < -0.39 is 0 Å². The Labute approximate surface area is 87.5 Å². The Morgan fingerprint density at radius 1 is 1.38 bits per heavy atom. The van der Waals surface area contributed by atoms with Crippen LogP contribution in [0.1, 0.15) is 20.3 Å². The molecule has 0 amide bonds. The normalized spacial score (nSPS) is 13.6. The first-order valence-corrected chi connectivity index (χ1v) is 6.51. The number of rotatable bonds is 8. The lowest BCUT2D eigenvalue weighted by atomic mass is 10.2. The molecular weight excluding hydrogens is 180 g/mol. The van der Waals surface area contributed by atoms with Crippen molar-refractivity contribution in [3.63, 3.8) is 0 Å². The van der Waals surface area contributed by atoms with Crippen LogP contribution in [0.3, 0.4) is 0 Å². The van der Waals surface area contributed by atoms with Gasteiger partial charge in [0.25, 0.3) is 0 Å². The van der Waals surface area contributed by atoms with Crippen molar-refractivity contribution in [3.05, 3.63) is 0 Å². The van der Waals surface area contributed by atoms with Crippen LogP contribution in [0.5, 0.6) is 0 Å². The summed E-state index contributed by atoms with van der Waals surface area (Å²) in [5.41, 5.74) is 0. The summed E-state index contributed by atoms with van der Waals surface area (Å²) in [6, 6.07) is 0.711. The Hall–Kier alpha value is 0.270. The summed E-state index contributed by atoms with van der Waals surface area (Å²) in [5.74, 6) is 1.22. The molecule has 0 aromatic rings. The molecule has 0 saturated carbocycles. The van der Waals surface area contributed by atoms with Gasteiger partial charge in [-0.25, -0.2) is 0 Å². The van der Waals surface area contributed by atoms with Gasteiger partial charge in [0.05, 0.1) is 0 Å². The van der Waals surface area contributed by atoms with Crippen LogP contribution in [-0.4, -0.2) is 49.6 Å². The molecule has 0 heterocycles. The maximum absolute atomic E-state index is 3.43. The summed E-state index contributed by atoms with van der Waals surface area (Å²) in [7, 11) is 2.20. The van der Waals surface area contributed by atoms with Gasteiger partial charge in [0, 0.05) is 31.4 Å². The molecule has 13 heavy (non-hydrogen) atoms. The largest absolute Gasteiger partial charge is 0.315 e.